The zero-order chi connectivity index (χ0) is 23.6. The number of fused-ring (bicyclic) bond motifs is 1. The minimum atomic E-state index is -0.678. The van der Waals surface area contributed by atoms with Crippen LogP contribution in [-0.4, -0.2) is 18.2 Å². The highest BCUT2D eigenvalue weighted by Crippen LogP contribution is 2.39. The van der Waals surface area contributed by atoms with Gasteiger partial charge in [-0.05, 0) is 81.3 Å². The van der Waals surface area contributed by atoms with Crippen LogP contribution >= 0.6 is 0 Å². The molecule has 0 N–H and O–H groups in total. The molecule has 0 saturated carbocycles. The average Bonchev–Trinajstić information content (AvgIpc) is 2.77. The molecular formula is C29H25FO3. The smallest absolute Gasteiger partial charge is 0.341 e. The number of halogens is 1. The molecule has 33 heavy (non-hydrogen) atoms. The first-order valence-electron chi connectivity index (χ1n) is 10.9. The molecule has 0 fully saturated rings. The number of benzene rings is 3. The Hall–Kier alpha value is -3.84. The van der Waals surface area contributed by atoms with Crippen molar-refractivity contribution in [2.45, 2.75) is 33.3 Å². The van der Waals surface area contributed by atoms with Gasteiger partial charge in [-0.2, -0.15) is 0 Å². The summed E-state index contributed by atoms with van der Waals surface area (Å²) in [5, 5.41) is 0. The van der Waals surface area contributed by atoms with Crippen LogP contribution in [0, 0.1) is 24.6 Å². The van der Waals surface area contributed by atoms with E-state index < -0.39 is 17.4 Å². The molecule has 1 aliphatic heterocycles. The van der Waals surface area contributed by atoms with Gasteiger partial charge in [0.2, 0.25) is 0 Å². The highest BCUT2D eigenvalue weighted by atomic mass is 19.1. The lowest BCUT2D eigenvalue weighted by Gasteiger charge is -2.31. The molecule has 166 valence electrons. The van der Waals surface area contributed by atoms with E-state index in [-0.39, 0.29) is 12.2 Å². The summed E-state index contributed by atoms with van der Waals surface area (Å²) >= 11 is 0. The zero-order valence-corrected chi connectivity index (χ0v) is 19.2. The number of esters is 1. The van der Waals surface area contributed by atoms with Crippen molar-refractivity contribution in [2.24, 2.45) is 0 Å². The summed E-state index contributed by atoms with van der Waals surface area (Å²) in [5.74, 6) is 5.56. The second-order valence-electron chi connectivity index (χ2n) is 8.51. The summed E-state index contributed by atoms with van der Waals surface area (Å²) in [6.07, 6.45) is 2.13. The number of carbonyl (C=O) groups excluding carboxylic acids is 1. The summed E-state index contributed by atoms with van der Waals surface area (Å²) < 4.78 is 25.4. The van der Waals surface area contributed by atoms with E-state index in [2.05, 4.69) is 49.1 Å². The van der Waals surface area contributed by atoms with Crippen molar-refractivity contribution in [3.63, 3.8) is 0 Å². The first kappa shape index (κ1) is 22.4. The number of hydrogen-bond acceptors (Lipinski definition) is 3. The predicted octanol–water partition coefficient (Wildman–Crippen LogP) is 6.31. The van der Waals surface area contributed by atoms with Crippen molar-refractivity contribution < 1.29 is 18.7 Å². The van der Waals surface area contributed by atoms with E-state index in [9.17, 15) is 9.18 Å². The SMILES string of the molecule is CCOC(=O)c1ccc(C#Cc2ccc3c(c2)C(c2ccc(C)cc2)=CC(C)(C)O3)cc1F. The molecule has 1 heterocycles. The van der Waals surface area contributed by atoms with Crippen LogP contribution in [0.4, 0.5) is 4.39 Å². The Balaban J connectivity index is 1.68. The first-order chi connectivity index (χ1) is 15.8. The van der Waals surface area contributed by atoms with Crippen molar-refractivity contribution in [2.75, 3.05) is 6.61 Å². The third kappa shape index (κ3) is 4.99. The molecule has 0 atom stereocenters. The quantitative estimate of drug-likeness (QED) is 0.353. The number of carbonyl (C=O) groups is 1. The lowest BCUT2D eigenvalue weighted by molar-refractivity contribution is 0.0521. The molecule has 3 aromatic carbocycles. The van der Waals surface area contributed by atoms with E-state index in [1.165, 1.54) is 17.7 Å². The molecular weight excluding hydrogens is 415 g/mol. The van der Waals surface area contributed by atoms with Crippen LogP contribution in [-0.2, 0) is 4.74 Å². The number of aryl methyl sites for hydroxylation is 1. The third-order valence-electron chi connectivity index (χ3n) is 5.31. The maximum Gasteiger partial charge on any atom is 0.341 e. The van der Waals surface area contributed by atoms with Crippen LogP contribution in [0.25, 0.3) is 5.57 Å². The van der Waals surface area contributed by atoms with Gasteiger partial charge in [0.25, 0.3) is 0 Å². The fourth-order valence-corrected chi connectivity index (χ4v) is 3.73. The predicted molar refractivity (Wildman–Crippen MR) is 128 cm³/mol. The largest absolute Gasteiger partial charge is 0.483 e. The molecule has 4 heteroatoms. The molecule has 4 rings (SSSR count). The second kappa shape index (κ2) is 8.96. The maximum atomic E-state index is 14.3. The van der Waals surface area contributed by atoms with Crippen LogP contribution in [0.1, 0.15) is 58.9 Å². The molecule has 0 radical (unpaired) electrons. The normalized spacial score (nSPS) is 13.7. The Morgan fingerprint density at radius 3 is 2.33 bits per heavy atom. The summed E-state index contributed by atoms with van der Waals surface area (Å²) in [5.41, 5.74) is 5.10. The number of rotatable bonds is 3. The van der Waals surface area contributed by atoms with Gasteiger partial charge in [-0.15, -0.1) is 0 Å². The average molecular weight is 441 g/mol. The summed E-state index contributed by atoms with van der Waals surface area (Å²) in [6.45, 7) is 8.01. The minimum absolute atomic E-state index is 0.0937. The molecule has 3 aromatic rings. The minimum Gasteiger partial charge on any atom is -0.483 e. The van der Waals surface area contributed by atoms with Gasteiger partial charge in [0.05, 0.1) is 12.2 Å². The van der Waals surface area contributed by atoms with Crippen LogP contribution < -0.4 is 4.74 Å². The van der Waals surface area contributed by atoms with Crippen LogP contribution in [0.2, 0.25) is 0 Å². The fourth-order valence-electron chi connectivity index (χ4n) is 3.73. The van der Waals surface area contributed by atoms with Crippen LogP contribution in [0.5, 0.6) is 5.75 Å². The summed E-state index contributed by atoms with van der Waals surface area (Å²) in [7, 11) is 0. The van der Waals surface area contributed by atoms with Crippen molar-refractivity contribution in [3.05, 3.63) is 106 Å². The monoisotopic (exact) mass is 440 g/mol. The molecule has 0 unspecified atom stereocenters. The molecule has 0 aromatic heterocycles. The molecule has 1 aliphatic rings. The Labute approximate surface area is 193 Å². The van der Waals surface area contributed by atoms with E-state index in [0.717, 1.165) is 28.0 Å². The summed E-state index contributed by atoms with van der Waals surface area (Å²) in [4.78, 5) is 11.8. The van der Waals surface area contributed by atoms with Gasteiger partial charge < -0.3 is 9.47 Å². The van der Waals surface area contributed by atoms with Gasteiger partial charge in [-0.1, -0.05) is 41.7 Å². The molecule has 0 spiro atoms. The van der Waals surface area contributed by atoms with E-state index in [1.54, 1.807) is 13.0 Å². The highest BCUT2D eigenvalue weighted by Gasteiger charge is 2.27. The van der Waals surface area contributed by atoms with Crippen molar-refractivity contribution in [1.29, 1.82) is 0 Å². The van der Waals surface area contributed by atoms with Crippen LogP contribution in [0.3, 0.4) is 0 Å². The molecule has 0 amide bonds. The number of ether oxygens (including phenoxy) is 2. The first-order valence-corrected chi connectivity index (χ1v) is 10.9. The van der Waals surface area contributed by atoms with E-state index in [0.29, 0.717) is 5.56 Å². The number of hydrogen-bond donors (Lipinski definition) is 0. The Morgan fingerprint density at radius 2 is 1.67 bits per heavy atom. The lowest BCUT2D eigenvalue weighted by atomic mass is 9.89. The Kier molecular flexibility index (Phi) is 6.07. The van der Waals surface area contributed by atoms with Gasteiger partial charge in [-0.25, -0.2) is 9.18 Å². The topological polar surface area (TPSA) is 35.5 Å². The lowest BCUT2D eigenvalue weighted by Crippen LogP contribution is -2.29. The van der Waals surface area contributed by atoms with Crippen LogP contribution in [0.15, 0.2) is 66.7 Å². The maximum absolute atomic E-state index is 14.3. The third-order valence-corrected chi connectivity index (χ3v) is 5.31. The molecule has 3 nitrogen and oxygen atoms in total. The second-order valence-corrected chi connectivity index (χ2v) is 8.51. The van der Waals surface area contributed by atoms with Gasteiger partial charge in [0.1, 0.15) is 17.2 Å². The van der Waals surface area contributed by atoms with Crippen molar-refractivity contribution in [1.82, 2.24) is 0 Å². The van der Waals surface area contributed by atoms with E-state index >= 15 is 0 Å². The van der Waals surface area contributed by atoms with Gasteiger partial charge in [0, 0.05) is 16.7 Å². The van der Waals surface area contributed by atoms with Crippen molar-refractivity contribution in [3.8, 4) is 17.6 Å². The van der Waals surface area contributed by atoms with Gasteiger partial charge >= 0.3 is 5.97 Å². The van der Waals surface area contributed by atoms with Crippen molar-refractivity contribution >= 4 is 11.5 Å². The van der Waals surface area contributed by atoms with Gasteiger partial charge in [-0.3, -0.25) is 0 Å². The molecule has 0 saturated heterocycles. The molecule has 0 aliphatic carbocycles. The standard InChI is InChI=1S/C29H25FO3/c1-5-32-28(31)23-14-10-21(17-26(23)30)9-8-20-11-15-27-24(16-20)25(18-29(3,4)33-27)22-12-6-19(2)7-13-22/h6-7,10-18H,5H2,1-4H3. The van der Waals surface area contributed by atoms with E-state index in [4.69, 9.17) is 9.47 Å². The summed E-state index contributed by atoms with van der Waals surface area (Å²) in [6, 6.07) is 18.5. The molecule has 0 bridgehead atoms. The van der Waals surface area contributed by atoms with Gasteiger partial charge in [0.15, 0.2) is 0 Å². The van der Waals surface area contributed by atoms with E-state index in [1.807, 2.05) is 32.0 Å². The Bertz CT molecular complexity index is 1300. The zero-order valence-electron chi connectivity index (χ0n) is 19.2. The fraction of sp³-hybridized carbons (Fsp3) is 0.207. The Morgan fingerprint density at radius 1 is 1.00 bits per heavy atom. The highest BCUT2D eigenvalue weighted by molar-refractivity contribution is 5.90.